The Morgan fingerprint density at radius 3 is 2.31 bits per heavy atom. The molecule has 0 N–H and O–H groups in total. The van der Waals surface area contributed by atoms with Gasteiger partial charge in [-0.2, -0.15) is 0 Å². The molecule has 0 bridgehead atoms. The van der Waals surface area contributed by atoms with Crippen molar-refractivity contribution < 1.29 is 9.53 Å². The van der Waals surface area contributed by atoms with Crippen LogP contribution in [0.25, 0.3) is 0 Å². The molecule has 0 aliphatic heterocycles. The largest absolute Gasteiger partial charge is 0.426 e. The van der Waals surface area contributed by atoms with Gasteiger partial charge in [-0.05, 0) is 50.8 Å². The molecule has 16 heavy (non-hydrogen) atoms. The molecule has 0 aliphatic rings. The highest BCUT2D eigenvalue weighted by atomic mass is 32.2. The summed E-state index contributed by atoms with van der Waals surface area (Å²) in [7, 11) is 0. The first kappa shape index (κ1) is 13.1. The third-order valence-electron chi connectivity index (χ3n) is 2.71. The molecule has 88 valence electrons. The molecule has 1 aromatic carbocycles. The van der Waals surface area contributed by atoms with E-state index in [0.29, 0.717) is 5.75 Å². The van der Waals surface area contributed by atoms with Gasteiger partial charge in [0.2, 0.25) is 0 Å². The van der Waals surface area contributed by atoms with E-state index >= 15 is 0 Å². The highest BCUT2D eigenvalue weighted by molar-refractivity contribution is 7.98. The van der Waals surface area contributed by atoms with Gasteiger partial charge >= 0.3 is 5.97 Å². The fourth-order valence-electron chi connectivity index (χ4n) is 1.03. The van der Waals surface area contributed by atoms with Crippen LogP contribution in [0.1, 0.15) is 27.2 Å². The van der Waals surface area contributed by atoms with Crippen molar-refractivity contribution in [3.05, 3.63) is 24.3 Å². The second kappa shape index (κ2) is 5.39. The molecular weight excluding hydrogens is 220 g/mol. The van der Waals surface area contributed by atoms with Gasteiger partial charge in [0, 0.05) is 4.90 Å². The van der Waals surface area contributed by atoms with Crippen LogP contribution in [0.15, 0.2) is 29.2 Å². The molecule has 1 aromatic rings. The fourth-order valence-corrected chi connectivity index (χ4v) is 1.44. The number of esters is 1. The van der Waals surface area contributed by atoms with E-state index < -0.39 is 5.41 Å². The molecule has 0 saturated heterocycles. The van der Waals surface area contributed by atoms with Crippen molar-refractivity contribution in [2.75, 3.05) is 6.26 Å². The first-order valence-electron chi connectivity index (χ1n) is 5.36. The van der Waals surface area contributed by atoms with Crippen LogP contribution in [0.3, 0.4) is 0 Å². The van der Waals surface area contributed by atoms with Crippen molar-refractivity contribution in [1.82, 2.24) is 0 Å². The number of rotatable bonds is 4. The van der Waals surface area contributed by atoms with Gasteiger partial charge in [0.05, 0.1) is 5.41 Å². The maximum Gasteiger partial charge on any atom is 0.316 e. The topological polar surface area (TPSA) is 26.3 Å². The number of benzene rings is 1. The Kier molecular flexibility index (Phi) is 4.42. The lowest BCUT2D eigenvalue weighted by molar-refractivity contribution is -0.144. The summed E-state index contributed by atoms with van der Waals surface area (Å²) in [4.78, 5) is 13.0. The summed E-state index contributed by atoms with van der Waals surface area (Å²) in [5, 5.41) is 0. The third kappa shape index (κ3) is 3.27. The Hall–Kier alpha value is -0.960. The Balaban J connectivity index is 2.70. The molecule has 0 aromatic heterocycles. The summed E-state index contributed by atoms with van der Waals surface area (Å²) < 4.78 is 5.32. The zero-order valence-electron chi connectivity index (χ0n) is 10.2. The predicted molar refractivity (Wildman–Crippen MR) is 67.9 cm³/mol. The molecular formula is C13H18O2S. The van der Waals surface area contributed by atoms with E-state index in [1.54, 1.807) is 11.8 Å². The molecule has 3 heteroatoms. The Morgan fingerprint density at radius 1 is 1.31 bits per heavy atom. The summed E-state index contributed by atoms with van der Waals surface area (Å²) in [6, 6.07) is 7.56. The van der Waals surface area contributed by atoms with E-state index in [2.05, 4.69) is 0 Å². The molecule has 0 amide bonds. The second-order valence-electron chi connectivity index (χ2n) is 4.30. The fraction of sp³-hybridized carbons (Fsp3) is 0.462. The lowest BCUT2D eigenvalue weighted by Gasteiger charge is -2.20. The molecule has 0 aliphatic carbocycles. The number of carbonyl (C=O) groups is 1. The van der Waals surface area contributed by atoms with Crippen LogP contribution in [0.5, 0.6) is 5.75 Å². The molecule has 0 spiro atoms. The van der Waals surface area contributed by atoms with Gasteiger partial charge in [-0.15, -0.1) is 11.8 Å². The highest BCUT2D eigenvalue weighted by Gasteiger charge is 2.27. The normalized spacial score (nSPS) is 11.2. The van der Waals surface area contributed by atoms with Gasteiger partial charge in [0.25, 0.3) is 0 Å². The Labute approximate surface area is 101 Å². The molecule has 0 heterocycles. The van der Waals surface area contributed by atoms with Crippen molar-refractivity contribution in [2.45, 2.75) is 32.1 Å². The SMILES string of the molecule is CCC(C)(C)C(=O)Oc1ccc(SC)cc1. The van der Waals surface area contributed by atoms with Crippen LogP contribution in [0.4, 0.5) is 0 Å². The van der Waals surface area contributed by atoms with Crippen LogP contribution in [0.2, 0.25) is 0 Å². The van der Waals surface area contributed by atoms with Gasteiger partial charge in [0.1, 0.15) is 5.75 Å². The van der Waals surface area contributed by atoms with E-state index in [0.717, 1.165) is 11.3 Å². The minimum atomic E-state index is -0.418. The minimum Gasteiger partial charge on any atom is -0.426 e. The Bertz CT molecular complexity index is 355. The molecule has 2 nitrogen and oxygen atoms in total. The lowest BCUT2D eigenvalue weighted by Crippen LogP contribution is -2.28. The smallest absolute Gasteiger partial charge is 0.316 e. The van der Waals surface area contributed by atoms with E-state index in [4.69, 9.17) is 4.74 Å². The van der Waals surface area contributed by atoms with Crippen molar-refractivity contribution in [2.24, 2.45) is 5.41 Å². The zero-order valence-corrected chi connectivity index (χ0v) is 11.1. The average molecular weight is 238 g/mol. The summed E-state index contributed by atoms with van der Waals surface area (Å²) >= 11 is 1.67. The minimum absolute atomic E-state index is 0.174. The number of carbonyl (C=O) groups excluding carboxylic acids is 1. The van der Waals surface area contributed by atoms with Gasteiger partial charge in [0.15, 0.2) is 0 Å². The molecule has 0 unspecified atom stereocenters. The predicted octanol–water partition coefficient (Wildman–Crippen LogP) is 3.75. The maximum atomic E-state index is 11.8. The maximum absolute atomic E-state index is 11.8. The van der Waals surface area contributed by atoms with Crippen molar-refractivity contribution in [3.8, 4) is 5.75 Å². The van der Waals surface area contributed by atoms with Crippen LogP contribution >= 0.6 is 11.8 Å². The standard InChI is InChI=1S/C13H18O2S/c1-5-13(2,3)12(14)15-10-6-8-11(16-4)9-7-10/h6-9H,5H2,1-4H3. The highest BCUT2D eigenvalue weighted by Crippen LogP contribution is 2.25. The summed E-state index contributed by atoms with van der Waals surface area (Å²) in [5.74, 6) is 0.441. The van der Waals surface area contributed by atoms with Crippen molar-refractivity contribution >= 4 is 17.7 Å². The van der Waals surface area contributed by atoms with Crippen LogP contribution in [-0.4, -0.2) is 12.2 Å². The van der Waals surface area contributed by atoms with Crippen molar-refractivity contribution in [3.63, 3.8) is 0 Å². The first-order valence-corrected chi connectivity index (χ1v) is 6.58. The first-order chi connectivity index (χ1) is 7.49. The van der Waals surface area contributed by atoms with E-state index in [1.807, 2.05) is 51.3 Å². The molecule has 0 radical (unpaired) electrons. The van der Waals surface area contributed by atoms with E-state index in [9.17, 15) is 4.79 Å². The van der Waals surface area contributed by atoms with Crippen molar-refractivity contribution in [1.29, 1.82) is 0 Å². The number of hydrogen-bond donors (Lipinski definition) is 0. The molecule has 0 saturated carbocycles. The Morgan fingerprint density at radius 2 is 1.88 bits per heavy atom. The molecule has 1 rings (SSSR count). The lowest BCUT2D eigenvalue weighted by atomic mass is 9.91. The number of thioether (sulfide) groups is 1. The summed E-state index contributed by atoms with van der Waals surface area (Å²) in [6.45, 7) is 5.77. The number of ether oxygens (including phenoxy) is 1. The van der Waals surface area contributed by atoms with Crippen LogP contribution < -0.4 is 4.74 Å². The quantitative estimate of drug-likeness (QED) is 0.454. The van der Waals surface area contributed by atoms with Gasteiger partial charge in [-0.25, -0.2) is 0 Å². The third-order valence-corrected chi connectivity index (χ3v) is 3.45. The van der Waals surface area contributed by atoms with Crippen LogP contribution in [-0.2, 0) is 4.79 Å². The average Bonchev–Trinajstić information content (AvgIpc) is 2.30. The van der Waals surface area contributed by atoms with Gasteiger partial charge in [-0.3, -0.25) is 4.79 Å². The zero-order chi connectivity index (χ0) is 12.2. The molecule has 0 fully saturated rings. The monoisotopic (exact) mass is 238 g/mol. The van der Waals surface area contributed by atoms with Crippen LogP contribution in [0, 0.1) is 5.41 Å². The van der Waals surface area contributed by atoms with E-state index in [-0.39, 0.29) is 5.97 Å². The van der Waals surface area contributed by atoms with E-state index in [1.165, 1.54) is 0 Å². The number of hydrogen-bond acceptors (Lipinski definition) is 3. The summed E-state index contributed by atoms with van der Waals surface area (Å²) in [6.07, 6.45) is 2.79. The second-order valence-corrected chi connectivity index (χ2v) is 5.18. The summed E-state index contributed by atoms with van der Waals surface area (Å²) in [5.41, 5.74) is -0.418. The van der Waals surface area contributed by atoms with Gasteiger partial charge in [-0.1, -0.05) is 6.92 Å². The van der Waals surface area contributed by atoms with Gasteiger partial charge < -0.3 is 4.74 Å². The molecule has 0 atom stereocenters.